The molecule has 0 unspecified atom stereocenters. The summed E-state index contributed by atoms with van der Waals surface area (Å²) in [4.78, 5) is 52.4. The van der Waals surface area contributed by atoms with Gasteiger partial charge in [-0.05, 0) is 58.2 Å². The van der Waals surface area contributed by atoms with Gasteiger partial charge in [-0.25, -0.2) is 6.29 Å². The first-order chi connectivity index (χ1) is 23.9. The van der Waals surface area contributed by atoms with Crippen molar-refractivity contribution >= 4 is 24.2 Å². The molecular formula is C41H75NO7U. The first-order valence-corrected chi connectivity index (χ1v) is 20.3. The van der Waals surface area contributed by atoms with Crippen molar-refractivity contribution in [2.75, 3.05) is 32.8 Å². The van der Waals surface area contributed by atoms with E-state index in [1.54, 1.807) is 6.29 Å². The largest absolute Gasteiger partial charge is 2.00 e. The second-order valence-electron chi connectivity index (χ2n) is 13.9. The van der Waals surface area contributed by atoms with Crippen molar-refractivity contribution in [2.45, 2.75) is 200 Å². The number of carbonyl (C=O) groups excluding carboxylic acids is 4. The van der Waals surface area contributed by atoms with Crippen molar-refractivity contribution in [3.8, 4) is 0 Å². The molecular weight excluding hydrogens is 856 g/mol. The Labute approximate surface area is 331 Å². The molecule has 0 spiro atoms. The smallest absolute Gasteiger partial charge is 0.538 e. The summed E-state index contributed by atoms with van der Waals surface area (Å²) in [6, 6.07) is 0. The van der Waals surface area contributed by atoms with Crippen molar-refractivity contribution in [1.82, 2.24) is 4.90 Å². The standard InChI is InChI=1S/C33H58NO7.C8H17.U/c1-3-5-7-9-13-19-25-39-31(37)27-33(29-35,28-32(38)40-26-20-14-10-8-6-4-2)41-30(36)21-15-11-12-16-22-34-23-17-18-24-34;1-3-5-7-8-6-4-2;/h3-28H2,1-2H3;1,3-8H2,2H3;/q2*-1;+2. The number of hydrogen-bond acceptors (Lipinski definition) is 8. The van der Waals surface area contributed by atoms with Crippen LogP contribution in [0.5, 0.6) is 0 Å². The Hall–Kier alpha value is -0.908. The molecule has 0 amide bonds. The maximum atomic E-state index is 12.7. The predicted octanol–water partition coefficient (Wildman–Crippen LogP) is 10.2. The summed E-state index contributed by atoms with van der Waals surface area (Å²) in [5.41, 5.74) is -2.02. The molecule has 0 saturated carbocycles. The molecule has 1 heterocycles. The molecule has 0 aliphatic carbocycles. The molecule has 1 fully saturated rings. The molecule has 0 bridgehead atoms. The maximum Gasteiger partial charge on any atom is 2.00 e. The molecule has 0 atom stereocenters. The van der Waals surface area contributed by atoms with E-state index in [-0.39, 0.29) is 50.7 Å². The number of likely N-dealkylation sites (tertiary alicyclic amines) is 1. The summed E-state index contributed by atoms with van der Waals surface area (Å²) in [6.45, 7) is 14.3. The predicted molar refractivity (Wildman–Crippen MR) is 200 cm³/mol. The topological polar surface area (TPSA) is 99.2 Å². The Balaban J connectivity index is 0. The molecule has 50 heavy (non-hydrogen) atoms. The van der Waals surface area contributed by atoms with Crippen LogP contribution in [0.15, 0.2) is 0 Å². The quantitative estimate of drug-likeness (QED) is 0.0285. The van der Waals surface area contributed by atoms with Gasteiger partial charge in [-0.2, -0.15) is 6.42 Å². The van der Waals surface area contributed by atoms with Gasteiger partial charge in [-0.1, -0.05) is 130 Å². The second kappa shape index (κ2) is 37.8. The minimum Gasteiger partial charge on any atom is -0.538 e. The van der Waals surface area contributed by atoms with Gasteiger partial charge in [0.2, 0.25) is 0 Å². The summed E-state index contributed by atoms with van der Waals surface area (Å²) in [5.74, 6) is -1.97. The van der Waals surface area contributed by atoms with E-state index in [4.69, 9.17) is 14.2 Å². The normalized spacial score (nSPS) is 12.8. The summed E-state index contributed by atoms with van der Waals surface area (Å²) in [7, 11) is 0. The average Bonchev–Trinajstić information content (AvgIpc) is 3.61. The summed E-state index contributed by atoms with van der Waals surface area (Å²) < 4.78 is 16.1. The number of hydrogen-bond donors (Lipinski definition) is 0. The van der Waals surface area contributed by atoms with E-state index in [1.807, 2.05) is 0 Å². The number of rotatable bonds is 32. The van der Waals surface area contributed by atoms with Crippen LogP contribution in [0.25, 0.3) is 0 Å². The van der Waals surface area contributed by atoms with Crippen LogP contribution in [-0.2, 0) is 33.4 Å². The van der Waals surface area contributed by atoms with Crippen LogP contribution in [0.1, 0.15) is 194 Å². The van der Waals surface area contributed by atoms with Crippen molar-refractivity contribution in [3.63, 3.8) is 0 Å². The first-order valence-electron chi connectivity index (χ1n) is 20.3. The average molecular weight is 932 g/mol. The number of ether oxygens (including phenoxy) is 3. The van der Waals surface area contributed by atoms with Crippen LogP contribution in [0.2, 0.25) is 0 Å². The zero-order valence-electron chi connectivity index (χ0n) is 32.6. The minimum absolute atomic E-state index is 0. The summed E-state index contributed by atoms with van der Waals surface area (Å²) >= 11 is 0. The van der Waals surface area contributed by atoms with E-state index >= 15 is 0 Å². The van der Waals surface area contributed by atoms with Crippen molar-refractivity contribution in [2.24, 2.45) is 0 Å². The molecule has 0 N–H and O–H groups in total. The summed E-state index contributed by atoms with van der Waals surface area (Å²) in [6.07, 6.45) is 27.4. The Morgan fingerprint density at radius 1 is 0.600 bits per heavy atom. The van der Waals surface area contributed by atoms with Crippen molar-refractivity contribution in [1.29, 1.82) is 0 Å². The van der Waals surface area contributed by atoms with Crippen molar-refractivity contribution in [3.05, 3.63) is 6.92 Å². The van der Waals surface area contributed by atoms with Crippen LogP contribution in [0.4, 0.5) is 0 Å². The summed E-state index contributed by atoms with van der Waals surface area (Å²) in [5, 5.41) is 0. The molecule has 1 rings (SSSR count). The SMILES string of the molecule is CCCCCCCCOC(=O)CC([C-]=O)(CC(=O)OCCCCCCCC)OC(=O)CCCCCCN1CCCC1.[CH2-]CCCCCCC.[U+2]. The van der Waals surface area contributed by atoms with Gasteiger partial charge in [0.15, 0.2) is 0 Å². The monoisotopic (exact) mass is 932 g/mol. The third-order valence-corrected chi connectivity index (χ3v) is 9.03. The van der Waals surface area contributed by atoms with Gasteiger partial charge in [0.25, 0.3) is 0 Å². The van der Waals surface area contributed by atoms with Crippen LogP contribution in [0.3, 0.4) is 0 Å². The zero-order chi connectivity index (χ0) is 36.3. The molecule has 1 aliphatic rings. The van der Waals surface area contributed by atoms with Gasteiger partial charge in [-0.15, -0.1) is 0 Å². The first kappa shape index (κ1) is 51.2. The van der Waals surface area contributed by atoms with Crippen molar-refractivity contribution < 1.29 is 64.5 Å². The van der Waals surface area contributed by atoms with Crippen LogP contribution < -0.4 is 0 Å². The van der Waals surface area contributed by atoms with Crippen LogP contribution in [0, 0.1) is 38.0 Å². The minimum atomic E-state index is -2.02. The molecule has 290 valence electrons. The molecule has 0 aromatic heterocycles. The fraction of sp³-hybridized carbons (Fsp3) is 0.878. The van der Waals surface area contributed by atoms with Gasteiger partial charge in [0, 0.05) is 12.0 Å². The van der Waals surface area contributed by atoms with Gasteiger partial charge in [0.05, 0.1) is 26.1 Å². The Morgan fingerprint density at radius 3 is 1.48 bits per heavy atom. The van der Waals surface area contributed by atoms with Crippen LogP contribution in [-0.4, -0.2) is 67.5 Å². The number of esters is 3. The molecule has 9 heteroatoms. The Kier molecular flexibility index (Phi) is 38.7. The van der Waals surface area contributed by atoms with E-state index in [2.05, 4.69) is 32.6 Å². The Morgan fingerprint density at radius 2 is 1.02 bits per heavy atom. The van der Waals surface area contributed by atoms with E-state index in [0.29, 0.717) is 6.42 Å². The molecule has 0 radical (unpaired) electrons. The van der Waals surface area contributed by atoms with Gasteiger partial charge in [0.1, 0.15) is 0 Å². The van der Waals surface area contributed by atoms with Gasteiger partial charge >= 0.3 is 49.0 Å². The number of nitrogens with zero attached hydrogens (tertiary/aromatic N) is 1. The van der Waals surface area contributed by atoms with E-state index < -0.39 is 36.4 Å². The second-order valence-corrected chi connectivity index (χ2v) is 13.9. The molecule has 0 aromatic rings. The number of carbonyl (C=O) groups is 3. The zero-order valence-corrected chi connectivity index (χ0v) is 36.8. The number of unbranched alkanes of at least 4 members (excludes halogenated alkanes) is 18. The fourth-order valence-electron chi connectivity index (χ4n) is 5.95. The third-order valence-electron chi connectivity index (χ3n) is 9.03. The van der Waals surface area contributed by atoms with E-state index in [9.17, 15) is 19.2 Å². The molecule has 8 nitrogen and oxygen atoms in total. The van der Waals surface area contributed by atoms with Gasteiger partial charge in [-0.3, -0.25) is 14.4 Å². The molecule has 1 aliphatic heterocycles. The van der Waals surface area contributed by atoms with Gasteiger partial charge < -0.3 is 30.8 Å². The molecule has 0 aromatic carbocycles. The fourth-order valence-corrected chi connectivity index (χ4v) is 5.95. The van der Waals surface area contributed by atoms with E-state index in [0.717, 1.165) is 96.4 Å². The van der Waals surface area contributed by atoms with Crippen LogP contribution >= 0.6 is 0 Å². The Bertz CT molecular complexity index is 766. The molecule has 1 saturated heterocycles. The third kappa shape index (κ3) is 31.8. The van der Waals surface area contributed by atoms with E-state index in [1.165, 1.54) is 70.9 Å². The maximum absolute atomic E-state index is 12.7.